The third kappa shape index (κ3) is 4.98. The van der Waals surface area contributed by atoms with Gasteiger partial charge in [0.1, 0.15) is 5.60 Å². The minimum absolute atomic E-state index is 0.136. The van der Waals surface area contributed by atoms with E-state index in [0.29, 0.717) is 31.2 Å². The van der Waals surface area contributed by atoms with E-state index in [1.165, 1.54) is 0 Å². The fraction of sp³-hybridized carbons (Fsp3) is 0.647. The first kappa shape index (κ1) is 18.4. The molecule has 1 unspecified atom stereocenters. The van der Waals surface area contributed by atoms with Crippen LogP contribution in [0.25, 0.3) is 0 Å². The third-order valence-electron chi connectivity index (χ3n) is 3.43. The number of hydrogen-bond acceptors (Lipinski definition) is 4. The minimum atomic E-state index is -0.812. The van der Waals surface area contributed by atoms with Crippen LogP contribution >= 0.6 is 0 Å². The van der Waals surface area contributed by atoms with Crippen molar-refractivity contribution in [3.63, 3.8) is 0 Å². The Morgan fingerprint density at radius 2 is 2.00 bits per heavy atom. The van der Waals surface area contributed by atoms with Crippen LogP contribution in [0.5, 0.6) is 5.88 Å². The maximum atomic E-state index is 12.5. The lowest BCUT2D eigenvalue weighted by Gasteiger charge is -2.28. The lowest BCUT2D eigenvalue weighted by atomic mass is 9.99. The number of pyridine rings is 1. The second-order valence-electron chi connectivity index (χ2n) is 5.50. The second-order valence-corrected chi connectivity index (χ2v) is 5.50. The summed E-state index contributed by atoms with van der Waals surface area (Å²) in [6.45, 7) is 10.8. The zero-order valence-corrected chi connectivity index (χ0v) is 14.4. The summed E-state index contributed by atoms with van der Waals surface area (Å²) < 4.78 is 11.2. The standard InChI is InChI=1S/C17H28N2O3/c1-6-11-17(5,22-8-3)16(20)19-14-9-10-15(18-13(14)4)21-12-7-2/h9-10H,6-8,11-12H2,1-5H3,(H,19,20). The van der Waals surface area contributed by atoms with Gasteiger partial charge < -0.3 is 14.8 Å². The van der Waals surface area contributed by atoms with Crippen molar-refractivity contribution in [3.8, 4) is 5.88 Å². The number of ether oxygens (including phenoxy) is 2. The van der Waals surface area contributed by atoms with Crippen molar-refractivity contribution >= 4 is 11.6 Å². The SMILES string of the molecule is CCCOc1ccc(NC(=O)C(C)(CCC)OCC)c(C)n1. The molecule has 22 heavy (non-hydrogen) atoms. The lowest BCUT2D eigenvalue weighted by Crippen LogP contribution is -2.42. The van der Waals surface area contributed by atoms with E-state index in [2.05, 4.69) is 10.3 Å². The molecule has 1 N–H and O–H groups in total. The summed E-state index contributed by atoms with van der Waals surface area (Å²) in [5.74, 6) is 0.446. The highest BCUT2D eigenvalue weighted by Gasteiger charge is 2.33. The molecule has 1 atom stereocenters. The largest absolute Gasteiger partial charge is 0.478 e. The Labute approximate surface area is 133 Å². The summed E-state index contributed by atoms with van der Waals surface area (Å²) in [5.41, 5.74) is 0.612. The molecule has 1 aromatic rings. The van der Waals surface area contributed by atoms with Crippen LogP contribution in [0.4, 0.5) is 5.69 Å². The zero-order valence-electron chi connectivity index (χ0n) is 14.4. The normalized spacial score (nSPS) is 13.5. The predicted octanol–water partition coefficient (Wildman–Crippen LogP) is 3.71. The van der Waals surface area contributed by atoms with Crippen molar-refractivity contribution in [1.82, 2.24) is 4.98 Å². The summed E-state index contributed by atoms with van der Waals surface area (Å²) in [6, 6.07) is 3.60. The predicted molar refractivity (Wildman–Crippen MR) is 88.3 cm³/mol. The van der Waals surface area contributed by atoms with Gasteiger partial charge >= 0.3 is 0 Å². The Bertz CT molecular complexity index is 483. The molecular weight excluding hydrogens is 280 g/mol. The van der Waals surface area contributed by atoms with Gasteiger partial charge in [-0.2, -0.15) is 0 Å². The van der Waals surface area contributed by atoms with Crippen molar-refractivity contribution in [2.75, 3.05) is 18.5 Å². The molecule has 124 valence electrons. The quantitative estimate of drug-likeness (QED) is 0.755. The monoisotopic (exact) mass is 308 g/mol. The van der Waals surface area contributed by atoms with Gasteiger partial charge in [-0.15, -0.1) is 0 Å². The van der Waals surface area contributed by atoms with Crippen LogP contribution in [-0.2, 0) is 9.53 Å². The molecule has 1 heterocycles. The Morgan fingerprint density at radius 3 is 2.55 bits per heavy atom. The topological polar surface area (TPSA) is 60.5 Å². The van der Waals surface area contributed by atoms with Gasteiger partial charge in [0, 0.05) is 12.7 Å². The molecule has 0 saturated carbocycles. The van der Waals surface area contributed by atoms with Crippen molar-refractivity contribution < 1.29 is 14.3 Å². The minimum Gasteiger partial charge on any atom is -0.478 e. The number of anilines is 1. The first-order chi connectivity index (χ1) is 10.5. The lowest BCUT2D eigenvalue weighted by molar-refractivity contribution is -0.139. The van der Waals surface area contributed by atoms with E-state index in [1.807, 2.05) is 40.7 Å². The number of hydrogen-bond donors (Lipinski definition) is 1. The van der Waals surface area contributed by atoms with Crippen molar-refractivity contribution in [2.45, 2.75) is 59.5 Å². The summed E-state index contributed by atoms with van der Waals surface area (Å²) in [5, 5.41) is 2.92. The fourth-order valence-corrected chi connectivity index (χ4v) is 2.26. The van der Waals surface area contributed by atoms with Gasteiger partial charge in [0.2, 0.25) is 5.88 Å². The summed E-state index contributed by atoms with van der Waals surface area (Å²) in [4.78, 5) is 16.9. The van der Waals surface area contributed by atoms with Crippen molar-refractivity contribution in [2.24, 2.45) is 0 Å². The zero-order chi connectivity index (χ0) is 16.6. The number of amides is 1. The second kappa shape index (κ2) is 8.73. The highest BCUT2D eigenvalue weighted by atomic mass is 16.5. The van der Waals surface area contributed by atoms with Crippen LogP contribution in [0.2, 0.25) is 0 Å². The third-order valence-corrected chi connectivity index (χ3v) is 3.43. The average Bonchev–Trinajstić information content (AvgIpc) is 2.48. The first-order valence-electron chi connectivity index (χ1n) is 8.02. The molecule has 1 aromatic heterocycles. The molecule has 0 aromatic carbocycles. The Morgan fingerprint density at radius 1 is 1.27 bits per heavy atom. The highest BCUT2D eigenvalue weighted by molar-refractivity contribution is 5.97. The smallest absolute Gasteiger partial charge is 0.256 e. The van der Waals surface area contributed by atoms with Crippen LogP contribution in [0.1, 0.15) is 52.7 Å². The molecule has 0 fully saturated rings. The molecular formula is C17H28N2O3. The number of carbonyl (C=O) groups excluding carboxylic acids is 1. The first-order valence-corrected chi connectivity index (χ1v) is 8.02. The molecule has 0 saturated heterocycles. The van der Waals surface area contributed by atoms with Crippen LogP contribution in [0.15, 0.2) is 12.1 Å². The Hall–Kier alpha value is -1.62. The van der Waals surface area contributed by atoms with Crippen LogP contribution in [0.3, 0.4) is 0 Å². The molecule has 1 rings (SSSR count). The molecule has 5 heteroatoms. The van der Waals surface area contributed by atoms with Crippen LogP contribution in [-0.4, -0.2) is 29.7 Å². The number of rotatable bonds is 9. The molecule has 0 aliphatic heterocycles. The highest BCUT2D eigenvalue weighted by Crippen LogP contribution is 2.23. The van der Waals surface area contributed by atoms with Crippen LogP contribution in [0, 0.1) is 6.92 Å². The van der Waals surface area contributed by atoms with Crippen molar-refractivity contribution in [1.29, 1.82) is 0 Å². The van der Waals surface area contributed by atoms with Gasteiger partial charge in [-0.25, -0.2) is 4.98 Å². The molecule has 0 aliphatic rings. The Balaban J connectivity index is 2.82. The summed E-state index contributed by atoms with van der Waals surface area (Å²) >= 11 is 0. The van der Waals surface area contributed by atoms with E-state index >= 15 is 0 Å². The van der Waals surface area contributed by atoms with Gasteiger partial charge in [0.05, 0.1) is 18.0 Å². The maximum Gasteiger partial charge on any atom is 0.256 e. The summed E-state index contributed by atoms with van der Waals surface area (Å²) in [6.07, 6.45) is 2.49. The molecule has 5 nitrogen and oxygen atoms in total. The van der Waals surface area contributed by atoms with E-state index in [9.17, 15) is 4.79 Å². The van der Waals surface area contributed by atoms with Gasteiger partial charge in [0.15, 0.2) is 0 Å². The fourth-order valence-electron chi connectivity index (χ4n) is 2.26. The number of nitrogens with one attached hydrogen (secondary N) is 1. The molecule has 0 aliphatic carbocycles. The van der Waals surface area contributed by atoms with E-state index in [-0.39, 0.29) is 5.91 Å². The van der Waals surface area contributed by atoms with E-state index in [1.54, 1.807) is 6.07 Å². The number of aryl methyl sites for hydroxylation is 1. The van der Waals surface area contributed by atoms with Gasteiger partial charge in [0.25, 0.3) is 5.91 Å². The maximum absolute atomic E-state index is 12.5. The summed E-state index contributed by atoms with van der Waals surface area (Å²) in [7, 11) is 0. The molecule has 0 spiro atoms. The number of nitrogens with zero attached hydrogens (tertiary/aromatic N) is 1. The van der Waals surface area contributed by atoms with Gasteiger partial charge in [-0.1, -0.05) is 20.3 Å². The average molecular weight is 308 g/mol. The van der Waals surface area contributed by atoms with E-state index in [0.717, 1.165) is 18.5 Å². The van der Waals surface area contributed by atoms with Gasteiger partial charge in [-0.05, 0) is 39.7 Å². The number of aromatic nitrogens is 1. The van der Waals surface area contributed by atoms with E-state index in [4.69, 9.17) is 9.47 Å². The van der Waals surface area contributed by atoms with Crippen molar-refractivity contribution in [3.05, 3.63) is 17.8 Å². The molecule has 0 radical (unpaired) electrons. The van der Waals surface area contributed by atoms with Crippen LogP contribution < -0.4 is 10.1 Å². The Kier molecular flexibility index (Phi) is 7.32. The molecule has 1 amide bonds. The number of carbonyl (C=O) groups is 1. The molecule has 0 bridgehead atoms. The van der Waals surface area contributed by atoms with E-state index < -0.39 is 5.60 Å². The van der Waals surface area contributed by atoms with Gasteiger partial charge in [-0.3, -0.25) is 4.79 Å².